The van der Waals surface area contributed by atoms with Gasteiger partial charge in [-0.2, -0.15) is 0 Å². The summed E-state index contributed by atoms with van der Waals surface area (Å²) in [6.45, 7) is 1.54. The number of aromatic carboxylic acids is 1. The Bertz CT molecular complexity index is 747. The molecule has 0 aliphatic carbocycles. The number of carboxylic acids is 1. The third kappa shape index (κ3) is 3.29. The predicted octanol–water partition coefficient (Wildman–Crippen LogP) is 2.59. The highest BCUT2D eigenvalue weighted by Gasteiger charge is 2.23. The molecular weight excluding hydrogens is 370 g/mol. The monoisotopic (exact) mass is 379 g/mol. The molecule has 20 heavy (non-hydrogen) atoms. The number of carboxylic acid groups (broad SMARTS) is 1. The molecule has 6 nitrogen and oxygen atoms in total. The Morgan fingerprint density at radius 3 is 2.70 bits per heavy atom. The highest BCUT2D eigenvalue weighted by atomic mass is 79.9. The van der Waals surface area contributed by atoms with Gasteiger partial charge in [0.2, 0.25) is 15.8 Å². The molecule has 0 fully saturated rings. The first-order valence-electron chi connectivity index (χ1n) is 5.37. The first kappa shape index (κ1) is 15.2. The molecule has 0 saturated heterocycles. The van der Waals surface area contributed by atoms with Gasteiger partial charge in [0.25, 0.3) is 0 Å². The van der Waals surface area contributed by atoms with Gasteiger partial charge in [-0.15, -0.1) is 11.3 Å². The molecule has 2 N–H and O–H groups in total. The lowest BCUT2D eigenvalue weighted by Gasteiger charge is -2.03. The summed E-state index contributed by atoms with van der Waals surface area (Å²) in [4.78, 5) is 11.4. The Morgan fingerprint density at radius 1 is 1.50 bits per heavy atom. The molecule has 108 valence electrons. The Balaban J connectivity index is 2.20. The van der Waals surface area contributed by atoms with E-state index in [0.717, 1.165) is 14.7 Å². The first-order valence-corrected chi connectivity index (χ1v) is 8.46. The Labute approximate surface area is 127 Å². The maximum absolute atomic E-state index is 12.1. The van der Waals surface area contributed by atoms with Crippen molar-refractivity contribution in [1.82, 2.24) is 4.72 Å². The summed E-state index contributed by atoms with van der Waals surface area (Å²) in [5.74, 6) is -1.67. The lowest BCUT2D eigenvalue weighted by Crippen LogP contribution is -2.23. The van der Waals surface area contributed by atoms with Gasteiger partial charge in [0, 0.05) is 17.5 Å². The second-order valence-corrected chi connectivity index (χ2v) is 8.15. The second kappa shape index (κ2) is 5.68. The molecule has 0 aromatic carbocycles. The van der Waals surface area contributed by atoms with E-state index in [4.69, 9.17) is 9.52 Å². The largest absolute Gasteiger partial charge is 0.475 e. The van der Waals surface area contributed by atoms with Gasteiger partial charge in [-0.1, -0.05) is 0 Å². The smallest absolute Gasteiger partial charge is 0.371 e. The number of rotatable bonds is 5. The Kier molecular flexibility index (Phi) is 4.33. The number of hydrogen-bond donors (Lipinski definition) is 2. The third-order valence-electron chi connectivity index (χ3n) is 2.44. The number of carbonyl (C=O) groups is 1. The molecule has 0 amide bonds. The van der Waals surface area contributed by atoms with Crippen LogP contribution in [0.15, 0.2) is 31.3 Å². The van der Waals surface area contributed by atoms with Crippen molar-refractivity contribution in [3.8, 4) is 0 Å². The van der Waals surface area contributed by atoms with E-state index < -0.39 is 21.8 Å². The van der Waals surface area contributed by atoms with E-state index >= 15 is 0 Å². The number of hydrogen-bond acceptors (Lipinski definition) is 5. The molecule has 0 unspecified atom stereocenters. The molecule has 2 heterocycles. The van der Waals surface area contributed by atoms with Crippen LogP contribution in [0.1, 0.15) is 21.2 Å². The molecule has 0 bridgehead atoms. The van der Waals surface area contributed by atoms with Crippen LogP contribution in [-0.2, 0) is 16.6 Å². The minimum Gasteiger partial charge on any atom is -0.475 e. The van der Waals surface area contributed by atoms with Crippen molar-refractivity contribution in [3.63, 3.8) is 0 Å². The normalized spacial score (nSPS) is 11.7. The summed E-state index contributed by atoms with van der Waals surface area (Å²) in [6, 6.07) is 4.62. The third-order valence-corrected chi connectivity index (χ3v) is 5.57. The van der Waals surface area contributed by atoms with Crippen LogP contribution in [0.25, 0.3) is 0 Å². The van der Waals surface area contributed by atoms with Gasteiger partial charge >= 0.3 is 5.97 Å². The topological polar surface area (TPSA) is 96.6 Å². The Morgan fingerprint density at radius 2 is 2.20 bits per heavy atom. The van der Waals surface area contributed by atoms with E-state index in [2.05, 4.69) is 20.7 Å². The molecule has 0 aliphatic heterocycles. The van der Waals surface area contributed by atoms with E-state index in [1.807, 2.05) is 6.07 Å². The van der Waals surface area contributed by atoms with Crippen LogP contribution in [0.3, 0.4) is 0 Å². The van der Waals surface area contributed by atoms with Gasteiger partial charge in [-0.25, -0.2) is 17.9 Å². The van der Waals surface area contributed by atoms with Gasteiger partial charge in [-0.3, -0.25) is 0 Å². The molecule has 0 saturated carbocycles. The van der Waals surface area contributed by atoms with Gasteiger partial charge in [0.05, 0.1) is 3.79 Å². The summed E-state index contributed by atoms with van der Waals surface area (Å²) in [5, 5.41) is 8.79. The van der Waals surface area contributed by atoms with Crippen molar-refractivity contribution in [3.05, 3.63) is 38.4 Å². The fourth-order valence-corrected chi connectivity index (χ4v) is 4.23. The Hall–Kier alpha value is -1.16. The molecular formula is C11H10BrNO5S2. The molecule has 0 atom stereocenters. The zero-order valence-corrected chi connectivity index (χ0v) is 13.4. The van der Waals surface area contributed by atoms with Gasteiger partial charge in [0.1, 0.15) is 10.7 Å². The predicted molar refractivity (Wildman–Crippen MR) is 76.4 cm³/mol. The maximum Gasteiger partial charge on any atom is 0.371 e. The average Bonchev–Trinajstić information content (AvgIpc) is 2.93. The van der Waals surface area contributed by atoms with Crippen LogP contribution in [0, 0.1) is 6.92 Å². The summed E-state index contributed by atoms with van der Waals surface area (Å²) in [6.07, 6.45) is 0. The van der Waals surface area contributed by atoms with Crippen molar-refractivity contribution < 1.29 is 22.7 Å². The quantitative estimate of drug-likeness (QED) is 0.831. The van der Waals surface area contributed by atoms with E-state index in [9.17, 15) is 13.2 Å². The minimum atomic E-state index is -3.81. The molecule has 2 aromatic rings. The van der Waals surface area contributed by atoms with Crippen molar-refractivity contribution in [2.24, 2.45) is 0 Å². The van der Waals surface area contributed by atoms with E-state index in [1.54, 1.807) is 6.07 Å². The van der Waals surface area contributed by atoms with Gasteiger partial charge < -0.3 is 9.52 Å². The first-order chi connectivity index (χ1) is 9.29. The van der Waals surface area contributed by atoms with E-state index in [0.29, 0.717) is 0 Å². The van der Waals surface area contributed by atoms with Crippen molar-refractivity contribution >= 4 is 43.3 Å². The molecule has 0 radical (unpaired) electrons. The zero-order chi connectivity index (χ0) is 14.9. The van der Waals surface area contributed by atoms with E-state index in [-0.39, 0.29) is 17.2 Å². The van der Waals surface area contributed by atoms with Crippen molar-refractivity contribution in [2.45, 2.75) is 18.4 Å². The second-order valence-electron chi connectivity index (χ2n) is 3.87. The number of sulfonamides is 1. The van der Waals surface area contributed by atoms with Crippen LogP contribution in [0.2, 0.25) is 0 Å². The molecule has 2 aromatic heterocycles. The maximum atomic E-state index is 12.1. The lowest BCUT2D eigenvalue weighted by atomic mass is 10.4. The van der Waals surface area contributed by atoms with Gasteiger partial charge in [0.15, 0.2) is 0 Å². The fraction of sp³-hybridized carbons (Fsp3) is 0.182. The summed E-state index contributed by atoms with van der Waals surface area (Å²) < 4.78 is 32.4. The molecule has 0 spiro atoms. The minimum absolute atomic E-state index is 0.0438. The number of furan rings is 1. The zero-order valence-electron chi connectivity index (χ0n) is 10.2. The number of aryl methyl sites for hydroxylation is 1. The van der Waals surface area contributed by atoms with E-state index in [1.165, 1.54) is 18.3 Å². The highest BCUT2D eigenvalue weighted by molar-refractivity contribution is 9.11. The van der Waals surface area contributed by atoms with Crippen LogP contribution < -0.4 is 4.72 Å². The fourth-order valence-electron chi connectivity index (χ4n) is 1.53. The van der Waals surface area contributed by atoms with Crippen LogP contribution in [0.5, 0.6) is 0 Å². The summed E-state index contributed by atoms with van der Waals surface area (Å²) in [5.41, 5.74) is 0. The average molecular weight is 380 g/mol. The summed E-state index contributed by atoms with van der Waals surface area (Å²) >= 11 is 4.70. The van der Waals surface area contributed by atoms with Crippen LogP contribution in [0.4, 0.5) is 0 Å². The van der Waals surface area contributed by atoms with Crippen molar-refractivity contribution in [2.75, 3.05) is 0 Å². The van der Waals surface area contributed by atoms with Crippen LogP contribution in [-0.4, -0.2) is 19.5 Å². The number of halogens is 1. The number of thiophene rings is 1. The molecule has 9 heteroatoms. The number of nitrogens with one attached hydrogen (secondary N) is 1. The standard InChI is InChI=1S/C11H10BrNO5S2/c1-6-9(4-8(18-6)11(14)15)20(16,17)13-5-7-2-3-10(12)19-7/h2-4,13H,5H2,1H3,(H,14,15). The van der Waals surface area contributed by atoms with Crippen LogP contribution >= 0.6 is 27.3 Å². The SMILES string of the molecule is Cc1oc(C(=O)O)cc1S(=O)(=O)NCc1ccc(Br)s1. The lowest BCUT2D eigenvalue weighted by molar-refractivity contribution is 0.0661. The summed E-state index contributed by atoms with van der Waals surface area (Å²) in [7, 11) is -3.81. The molecule has 2 rings (SSSR count). The van der Waals surface area contributed by atoms with Crippen molar-refractivity contribution in [1.29, 1.82) is 0 Å². The highest BCUT2D eigenvalue weighted by Crippen LogP contribution is 2.23. The molecule has 0 aliphatic rings. The van der Waals surface area contributed by atoms with Gasteiger partial charge in [-0.05, 0) is 35.0 Å².